The molecule has 172 valence electrons. The fourth-order valence-electron chi connectivity index (χ4n) is 3.94. The van der Waals surface area contributed by atoms with Crippen molar-refractivity contribution in [2.45, 2.75) is 46.5 Å². The molecule has 2 aromatic rings. The third kappa shape index (κ3) is 6.96. The fourth-order valence-corrected chi connectivity index (χ4v) is 4.07. The van der Waals surface area contributed by atoms with Crippen molar-refractivity contribution in [2.24, 2.45) is 5.92 Å². The first-order chi connectivity index (χ1) is 15.3. The van der Waals surface area contributed by atoms with E-state index in [0.717, 1.165) is 41.8 Å². The SMILES string of the molecule is C=c1ccc(C(=O)NCC)c(CC)/c1=C/N(C)CC(CC)CCC(=O)c1ccc(Cl)cc1. The summed E-state index contributed by atoms with van der Waals surface area (Å²) in [6.45, 7) is 11.8. The second kappa shape index (κ2) is 12.4. The van der Waals surface area contributed by atoms with Gasteiger partial charge in [0, 0.05) is 54.1 Å². The van der Waals surface area contributed by atoms with E-state index in [9.17, 15) is 9.59 Å². The Bertz CT molecular complexity index is 1030. The van der Waals surface area contributed by atoms with Gasteiger partial charge in [0.25, 0.3) is 5.91 Å². The van der Waals surface area contributed by atoms with Crippen LogP contribution in [-0.2, 0) is 6.42 Å². The molecule has 0 saturated carbocycles. The van der Waals surface area contributed by atoms with E-state index in [1.807, 2.05) is 26.1 Å². The van der Waals surface area contributed by atoms with E-state index in [-0.39, 0.29) is 11.7 Å². The second-order valence-corrected chi connectivity index (χ2v) is 8.63. The van der Waals surface area contributed by atoms with Crippen molar-refractivity contribution in [1.29, 1.82) is 0 Å². The summed E-state index contributed by atoms with van der Waals surface area (Å²) < 4.78 is 0. The average Bonchev–Trinajstić information content (AvgIpc) is 2.78. The zero-order valence-corrected chi connectivity index (χ0v) is 20.5. The molecule has 1 amide bonds. The first-order valence-electron chi connectivity index (χ1n) is 11.4. The maximum absolute atomic E-state index is 12.5. The lowest BCUT2D eigenvalue weighted by Crippen LogP contribution is -2.35. The number of hydrogen-bond acceptors (Lipinski definition) is 3. The fraction of sp³-hybridized carbons (Fsp3) is 0.407. The molecule has 32 heavy (non-hydrogen) atoms. The van der Waals surface area contributed by atoms with Gasteiger partial charge in [-0.2, -0.15) is 0 Å². The standard InChI is InChI=1S/C27H35ClN2O2/c1-6-20(10-16-26(31)21-11-13-22(28)14-12-21)17-30(5)18-25-19(4)9-15-24(23(25)7-2)27(32)29-8-3/h9,11-15,18,20H,4,6-8,10,16-17H2,1-3,5H3,(H,29,32)/b25-18+. The van der Waals surface area contributed by atoms with Gasteiger partial charge in [0.05, 0.1) is 0 Å². The first-order valence-corrected chi connectivity index (χ1v) is 11.8. The van der Waals surface area contributed by atoms with Crippen LogP contribution in [0.15, 0.2) is 36.4 Å². The smallest absolute Gasteiger partial charge is 0.251 e. The van der Waals surface area contributed by atoms with E-state index in [0.29, 0.717) is 35.0 Å². The highest BCUT2D eigenvalue weighted by molar-refractivity contribution is 6.30. The second-order valence-electron chi connectivity index (χ2n) is 8.19. The van der Waals surface area contributed by atoms with Gasteiger partial charge in [-0.25, -0.2) is 0 Å². The lowest BCUT2D eigenvalue weighted by atomic mass is 9.96. The molecule has 0 aliphatic rings. The van der Waals surface area contributed by atoms with Gasteiger partial charge in [-0.05, 0) is 66.8 Å². The third-order valence-electron chi connectivity index (χ3n) is 5.80. The molecule has 0 bridgehead atoms. The van der Waals surface area contributed by atoms with Crippen LogP contribution < -0.4 is 15.8 Å². The van der Waals surface area contributed by atoms with E-state index in [1.54, 1.807) is 24.3 Å². The third-order valence-corrected chi connectivity index (χ3v) is 6.05. The molecule has 2 rings (SSSR count). The van der Waals surface area contributed by atoms with Crippen molar-refractivity contribution >= 4 is 36.1 Å². The minimum Gasteiger partial charge on any atom is -0.380 e. The Morgan fingerprint density at radius 3 is 2.41 bits per heavy atom. The molecule has 1 atom stereocenters. The number of ketones is 1. The number of halogens is 1. The quantitative estimate of drug-likeness (QED) is 0.511. The lowest BCUT2D eigenvalue weighted by Gasteiger charge is -2.22. The molecular formula is C27H35ClN2O2. The van der Waals surface area contributed by atoms with E-state index in [1.165, 1.54) is 0 Å². The summed E-state index contributed by atoms with van der Waals surface area (Å²) in [4.78, 5) is 27.2. The molecule has 0 spiro atoms. The van der Waals surface area contributed by atoms with Crippen LogP contribution in [-0.4, -0.2) is 36.7 Å². The zero-order chi connectivity index (χ0) is 23.7. The predicted octanol–water partition coefficient (Wildman–Crippen LogP) is 4.42. The van der Waals surface area contributed by atoms with Crippen LogP contribution in [0.2, 0.25) is 5.02 Å². The van der Waals surface area contributed by atoms with Crippen LogP contribution in [0.5, 0.6) is 0 Å². The molecule has 0 saturated heterocycles. The molecule has 2 aromatic carbocycles. The van der Waals surface area contributed by atoms with Crippen molar-refractivity contribution in [2.75, 3.05) is 20.1 Å². The molecule has 0 heterocycles. The Labute approximate surface area is 197 Å². The number of carbonyl (C=O) groups is 2. The van der Waals surface area contributed by atoms with Crippen LogP contribution in [0.3, 0.4) is 0 Å². The van der Waals surface area contributed by atoms with Crippen molar-refractivity contribution in [1.82, 2.24) is 10.2 Å². The normalized spacial score (nSPS) is 12.5. The molecule has 0 aromatic heterocycles. The number of amides is 1. The molecule has 0 aliphatic carbocycles. The van der Waals surface area contributed by atoms with Crippen molar-refractivity contribution < 1.29 is 9.59 Å². The molecule has 5 heteroatoms. The van der Waals surface area contributed by atoms with Crippen LogP contribution in [0.4, 0.5) is 0 Å². The van der Waals surface area contributed by atoms with Gasteiger partial charge in [-0.3, -0.25) is 9.59 Å². The summed E-state index contributed by atoms with van der Waals surface area (Å²) >= 11 is 5.92. The van der Waals surface area contributed by atoms with Crippen LogP contribution in [0.1, 0.15) is 66.3 Å². The summed E-state index contributed by atoms with van der Waals surface area (Å²) in [6, 6.07) is 10.9. The number of hydrogen-bond donors (Lipinski definition) is 1. The number of nitrogens with zero attached hydrogens (tertiary/aromatic N) is 1. The highest BCUT2D eigenvalue weighted by Crippen LogP contribution is 2.17. The Kier molecular flexibility index (Phi) is 9.98. The van der Waals surface area contributed by atoms with Crippen molar-refractivity contribution in [3.63, 3.8) is 0 Å². The van der Waals surface area contributed by atoms with Gasteiger partial charge in [0.2, 0.25) is 0 Å². The van der Waals surface area contributed by atoms with Crippen LogP contribution >= 0.6 is 11.6 Å². The topological polar surface area (TPSA) is 49.4 Å². The average molecular weight is 455 g/mol. The Hall–Kier alpha value is -2.59. The van der Waals surface area contributed by atoms with Crippen molar-refractivity contribution in [3.05, 3.63) is 68.5 Å². The Morgan fingerprint density at radius 1 is 1.12 bits per heavy atom. The molecule has 1 unspecified atom stereocenters. The van der Waals surface area contributed by atoms with Gasteiger partial charge in [-0.15, -0.1) is 0 Å². The van der Waals surface area contributed by atoms with Crippen LogP contribution in [0.25, 0.3) is 12.8 Å². The van der Waals surface area contributed by atoms with E-state index >= 15 is 0 Å². The maximum atomic E-state index is 12.5. The summed E-state index contributed by atoms with van der Waals surface area (Å²) in [5.74, 6) is 0.487. The monoisotopic (exact) mass is 454 g/mol. The van der Waals surface area contributed by atoms with Crippen LogP contribution in [0, 0.1) is 5.92 Å². The molecule has 0 fully saturated rings. The van der Waals surface area contributed by atoms with Gasteiger partial charge in [0.1, 0.15) is 0 Å². The number of rotatable bonds is 11. The van der Waals surface area contributed by atoms with Crippen molar-refractivity contribution in [3.8, 4) is 0 Å². The molecule has 0 aliphatic heterocycles. The first kappa shape index (κ1) is 25.7. The highest BCUT2D eigenvalue weighted by Gasteiger charge is 2.14. The largest absolute Gasteiger partial charge is 0.380 e. The van der Waals surface area contributed by atoms with Gasteiger partial charge >= 0.3 is 0 Å². The van der Waals surface area contributed by atoms with Gasteiger partial charge in [-0.1, -0.05) is 44.5 Å². The molecule has 4 nitrogen and oxygen atoms in total. The van der Waals surface area contributed by atoms with E-state index in [2.05, 4.69) is 36.8 Å². The summed E-state index contributed by atoms with van der Waals surface area (Å²) in [7, 11) is 2.04. The summed E-state index contributed by atoms with van der Waals surface area (Å²) in [5.41, 5.74) is 2.43. The minimum atomic E-state index is -0.0474. The highest BCUT2D eigenvalue weighted by atomic mass is 35.5. The zero-order valence-electron chi connectivity index (χ0n) is 19.7. The number of Topliss-reactive ketones (excluding diaryl/α,β-unsaturated/α-hetero) is 1. The molecule has 0 radical (unpaired) electrons. The molecule has 1 N–H and O–H groups in total. The molecular weight excluding hydrogens is 420 g/mol. The predicted molar refractivity (Wildman–Crippen MR) is 134 cm³/mol. The van der Waals surface area contributed by atoms with Gasteiger partial charge in [0.15, 0.2) is 5.78 Å². The number of carbonyl (C=O) groups excluding carboxylic acids is 2. The number of benzene rings is 2. The lowest BCUT2D eigenvalue weighted by molar-refractivity contribution is 0.0951. The minimum absolute atomic E-state index is 0.0474. The summed E-state index contributed by atoms with van der Waals surface area (Å²) in [5, 5.41) is 5.45. The Morgan fingerprint density at radius 2 is 1.81 bits per heavy atom. The summed E-state index contributed by atoms with van der Waals surface area (Å²) in [6.07, 6.45) is 5.17. The number of nitrogens with one attached hydrogen (secondary N) is 1. The van der Waals surface area contributed by atoms with Gasteiger partial charge < -0.3 is 10.2 Å². The van der Waals surface area contributed by atoms with E-state index in [4.69, 9.17) is 11.6 Å². The Balaban J connectivity index is 2.14. The maximum Gasteiger partial charge on any atom is 0.251 e. The van der Waals surface area contributed by atoms with E-state index < -0.39 is 0 Å².